The fourth-order valence-electron chi connectivity index (χ4n) is 3.24. The number of rotatable bonds is 6. The molecule has 6 nitrogen and oxygen atoms in total. The second-order valence-electron chi connectivity index (χ2n) is 6.59. The molecule has 7 heteroatoms. The minimum absolute atomic E-state index is 0.131. The Morgan fingerprint density at radius 2 is 2.12 bits per heavy atom. The minimum atomic E-state index is 0.131. The van der Waals surface area contributed by atoms with E-state index in [-0.39, 0.29) is 12.1 Å². The smallest absolute Gasteiger partial charge is 0.206 e. The van der Waals surface area contributed by atoms with Crippen LogP contribution < -0.4 is 16.5 Å². The molecular formula is C19H22N6S. The van der Waals surface area contributed by atoms with Gasteiger partial charge in [-0.05, 0) is 18.9 Å². The molecule has 2 heterocycles. The van der Waals surface area contributed by atoms with Gasteiger partial charge in [-0.1, -0.05) is 59.9 Å². The lowest BCUT2D eigenvalue weighted by Crippen LogP contribution is -2.30. The van der Waals surface area contributed by atoms with Crippen molar-refractivity contribution in [2.45, 2.75) is 25.4 Å². The molecule has 0 spiro atoms. The Morgan fingerprint density at radius 1 is 1.27 bits per heavy atom. The Bertz CT molecular complexity index is 854. The Labute approximate surface area is 156 Å². The SMILES string of the molecule is CC1=NNC2C=CC(c3nnc(N[C@H](CN)Cc4ccccc4)s3)=CC12. The molecule has 0 amide bonds. The van der Waals surface area contributed by atoms with Crippen molar-refractivity contribution in [2.75, 3.05) is 11.9 Å². The monoisotopic (exact) mass is 366 g/mol. The van der Waals surface area contributed by atoms with Gasteiger partial charge >= 0.3 is 0 Å². The van der Waals surface area contributed by atoms with Gasteiger partial charge in [-0.3, -0.25) is 0 Å². The van der Waals surface area contributed by atoms with Crippen LogP contribution in [-0.4, -0.2) is 34.5 Å². The number of aromatic nitrogens is 2. The summed E-state index contributed by atoms with van der Waals surface area (Å²) in [4.78, 5) is 0. The molecule has 0 saturated carbocycles. The van der Waals surface area contributed by atoms with E-state index in [2.05, 4.69) is 56.4 Å². The van der Waals surface area contributed by atoms with Gasteiger partial charge in [0.05, 0.1) is 6.04 Å². The Kier molecular flexibility index (Phi) is 4.81. The van der Waals surface area contributed by atoms with Gasteiger partial charge < -0.3 is 16.5 Å². The molecule has 1 aromatic heterocycles. The molecular weight excluding hydrogens is 344 g/mol. The first kappa shape index (κ1) is 16.9. The van der Waals surface area contributed by atoms with Gasteiger partial charge in [0.2, 0.25) is 5.13 Å². The van der Waals surface area contributed by atoms with Crippen LogP contribution >= 0.6 is 11.3 Å². The van der Waals surface area contributed by atoms with Gasteiger partial charge in [0.1, 0.15) is 5.01 Å². The largest absolute Gasteiger partial charge is 0.356 e. The Balaban J connectivity index is 1.45. The summed E-state index contributed by atoms with van der Waals surface area (Å²) in [7, 11) is 0. The first-order valence-corrected chi connectivity index (χ1v) is 9.58. The minimum Gasteiger partial charge on any atom is -0.356 e. The van der Waals surface area contributed by atoms with Crippen LogP contribution in [-0.2, 0) is 6.42 Å². The fraction of sp³-hybridized carbons (Fsp3) is 0.316. The van der Waals surface area contributed by atoms with E-state index in [0.717, 1.165) is 27.8 Å². The standard InChI is InChI=1S/C19H22N6S/c1-12-16-10-14(7-8-17(16)23-22-12)18-24-25-19(26-18)21-15(11-20)9-13-5-3-2-4-6-13/h2-8,10,15-17,23H,9,11,20H2,1H3,(H,21,25)/t15-,16?,17?/m0/s1. The summed E-state index contributed by atoms with van der Waals surface area (Å²) in [5.74, 6) is 0.296. The average molecular weight is 366 g/mol. The van der Waals surface area contributed by atoms with Gasteiger partial charge in [-0.15, -0.1) is 10.2 Å². The van der Waals surface area contributed by atoms with Crippen molar-refractivity contribution in [1.82, 2.24) is 15.6 Å². The maximum absolute atomic E-state index is 5.94. The number of fused-ring (bicyclic) bond motifs is 1. The van der Waals surface area contributed by atoms with E-state index in [1.165, 1.54) is 5.56 Å². The molecule has 1 aliphatic heterocycles. The molecule has 0 radical (unpaired) electrons. The summed E-state index contributed by atoms with van der Waals surface area (Å²) in [5.41, 5.74) is 12.5. The first-order valence-electron chi connectivity index (χ1n) is 8.77. The summed E-state index contributed by atoms with van der Waals surface area (Å²) in [6.45, 7) is 2.59. The maximum Gasteiger partial charge on any atom is 0.206 e. The van der Waals surface area contributed by atoms with Crippen molar-refractivity contribution in [1.29, 1.82) is 0 Å². The normalized spacial score (nSPS) is 22.2. The van der Waals surface area contributed by atoms with Crippen molar-refractivity contribution in [3.63, 3.8) is 0 Å². The zero-order valence-electron chi connectivity index (χ0n) is 14.6. The molecule has 0 saturated heterocycles. The highest BCUT2D eigenvalue weighted by Crippen LogP contribution is 2.31. The van der Waals surface area contributed by atoms with Crippen molar-refractivity contribution in [3.8, 4) is 0 Å². The fourth-order valence-corrected chi connectivity index (χ4v) is 4.07. The van der Waals surface area contributed by atoms with E-state index >= 15 is 0 Å². The molecule has 0 fully saturated rings. The average Bonchev–Trinajstić information content (AvgIpc) is 3.29. The quantitative estimate of drug-likeness (QED) is 0.731. The number of benzene rings is 1. The van der Waals surface area contributed by atoms with Crippen LogP contribution in [0.1, 0.15) is 17.5 Å². The van der Waals surface area contributed by atoms with Crippen LogP contribution in [0.3, 0.4) is 0 Å². The summed E-state index contributed by atoms with van der Waals surface area (Å²) >= 11 is 1.56. The van der Waals surface area contributed by atoms with E-state index < -0.39 is 0 Å². The molecule has 134 valence electrons. The predicted molar refractivity (Wildman–Crippen MR) is 107 cm³/mol. The predicted octanol–water partition coefficient (Wildman–Crippen LogP) is 2.44. The number of allylic oxidation sites excluding steroid dienone is 2. The van der Waals surface area contributed by atoms with E-state index in [1.54, 1.807) is 11.3 Å². The molecule has 26 heavy (non-hydrogen) atoms. The maximum atomic E-state index is 5.94. The summed E-state index contributed by atoms with van der Waals surface area (Å²) in [6.07, 6.45) is 7.32. The van der Waals surface area contributed by atoms with Gasteiger partial charge in [0.15, 0.2) is 0 Å². The lowest BCUT2D eigenvalue weighted by Gasteiger charge is -2.17. The second-order valence-corrected chi connectivity index (χ2v) is 7.57. The lowest BCUT2D eigenvalue weighted by molar-refractivity contribution is 0.622. The highest BCUT2D eigenvalue weighted by Gasteiger charge is 2.28. The molecule has 0 bridgehead atoms. The van der Waals surface area contributed by atoms with Crippen molar-refractivity contribution in [3.05, 3.63) is 59.1 Å². The van der Waals surface area contributed by atoms with E-state index in [1.807, 2.05) is 25.1 Å². The number of nitrogens with two attached hydrogens (primary N) is 1. The summed E-state index contributed by atoms with van der Waals surface area (Å²) in [5, 5.41) is 18.1. The van der Waals surface area contributed by atoms with Crippen LogP contribution in [0, 0.1) is 5.92 Å². The third-order valence-electron chi connectivity index (χ3n) is 4.71. The third-order valence-corrected chi connectivity index (χ3v) is 5.61. The van der Waals surface area contributed by atoms with Crippen molar-refractivity contribution in [2.24, 2.45) is 16.8 Å². The lowest BCUT2D eigenvalue weighted by atomic mass is 9.90. The third kappa shape index (κ3) is 3.54. The van der Waals surface area contributed by atoms with Gasteiger partial charge in [-0.2, -0.15) is 5.10 Å². The first-order chi connectivity index (χ1) is 12.7. The molecule has 2 aromatic rings. The van der Waals surface area contributed by atoms with Gasteiger partial charge in [-0.25, -0.2) is 0 Å². The van der Waals surface area contributed by atoms with Crippen molar-refractivity contribution < 1.29 is 0 Å². The van der Waals surface area contributed by atoms with Crippen LogP contribution in [0.4, 0.5) is 5.13 Å². The molecule has 4 N–H and O–H groups in total. The van der Waals surface area contributed by atoms with Crippen molar-refractivity contribution >= 4 is 27.8 Å². The van der Waals surface area contributed by atoms with Crippen LogP contribution in [0.15, 0.2) is 53.7 Å². The van der Waals surface area contributed by atoms with Crippen LogP contribution in [0.25, 0.3) is 5.57 Å². The summed E-state index contributed by atoms with van der Waals surface area (Å²) < 4.78 is 0. The number of hydrogen-bond acceptors (Lipinski definition) is 7. The second kappa shape index (κ2) is 7.39. The number of nitrogens with zero attached hydrogens (tertiary/aromatic N) is 3. The Morgan fingerprint density at radius 3 is 2.92 bits per heavy atom. The van der Waals surface area contributed by atoms with E-state index in [9.17, 15) is 0 Å². The number of hydrogen-bond donors (Lipinski definition) is 3. The topological polar surface area (TPSA) is 88.2 Å². The zero-order valence-corrected chi connectivity index (χ0v) is 15.4. The zero-order chi connectivity index (χ0) is 17.9. The van der Waals surface area contributed by atoms with E-state index in [4.69, 9.17) is 5.73 Å². The number of anilines is 1. The molecule has 1 aromatic carbocycles. The molecule has 2 unspecified atom stereocenters. The Hall–Kier alpha value is -2.51. The highest BCUT2D eigenvalue weighted by atomic mass is 32.1. The highest BCUT2D eigenvalue weighted by molar-refractivity contribution is 7.16. The number of hydrazone groups is 1. The molecule has 1 aliphatic carbocycles. The molecule has 3 atom stereocenters. The van der Waals surface area contributed by atoms with Gasteiger partial charge in [0, 0.05) is 29.8 Å². The van der Waals surface area contributed by atoms with Crippen LogP contribution in [0.5, 0.6) is 0 Å². The molecule has 2 aliphatic rings. The van der Waals surface area contributed by atoms with Gasteiger partial charge in [0.25, 0.3) is 0 Å². The van der Waals surface area contributed by atoms with E-state index in [0.29, 0.717) is 12.5 Å². The molecule has 4 rings (SSSR count). The summed E-state index contributed by atoms with van der Waals surface area (Å²) in [6, 6.07) is 10.7. The van der Waals surface area contributed by atoms with Crippen LogP contribution in [0.2, 0.25) is 0 Å². The number of nitrogens with one attached hydrogen (secondary N) is 2.